The highest BCUT2D eigenvalue weighted by molar-refractivity contribution is 5.96. The third-order valence-corrected chi connectivity index (χ3v) is 3.79. The maximum Gasteiger partial charge on any atom is 0.246 e. The van der Waals surface area contributed by atoms with Gasteiger partial charge in [0.15, 0.2) is 0 Å². The summed E-state index contributed by atoms with van der Waals surface area (Å²) in [5.74, 6) is -0.154. The van der Waals surface area contributed by atoms with Crippen molar-refractivity contribution in [1.82, 2.24) is 0 Å². The summed E-state index contributed by atoms with van der Waals surface area (Å²) in [5, 5.41) is 17.2. The van der Waals surface area contributed by atoms with E-state index in [9.17, 15) is 4.79 Å². The zero-order valence-electron chi connectivity index (χ0n) is 13.3. The van der Waals surface area contributed by atoms with Crippen molar-refractivity contribution >= 4 is 28.1 Å². The topological polar surface area (TPSA) is 64.9 Å². The standard InChI is InChI=1S/C20H17N3O/c1-14(20(24)23-18-8-4-5-15(11-18)13-21)22-19-10-9-16-6-2-3-7-17(16)12-19/h2-12,14,22H,1H3,(H,23,24)/t14-/m1/s1. The number of nitriles is 1. The van der Waals surface area contributed by atoms with Crippen LogP contribution in [0.3, 0.4) is 0 Å². The third-order valence-electron chi connectivity index (χ3n) is 3.79. The minimum absolute atomic E-state index is 0.154. The summed E-state index contributed by atoms with van der Waals surface area (Å²) in [4.78, 5) is 12.3. The second-order valence-electron chi connectivity index (χ2n) is 5.61. The van der Waals surface area contributed by atoms with Crippen LogP contribution in [-0.2, 0) is 4.79 Å². The molecule has 3 rings (SSSR count). The number of fused-ring (bicyclic) bond motifs is 1. The SMILES string of the molecule is C[C@@H](Nc1ccc2ccccc2c1)C(=O)Nc1cccc(C#N)c1. The highest BCUT2D eigenvalue weighted by atomic mass is 16.2. The predicted octanol–water partition coefficient (Wildman–Crippen LogP) is 4.15. The number of carbonyl (C=O) groups is 1. The van der Waals surface area contributed by atoms with Gasteiger partial charge in [0.25, 0.3) is 0 Å². The number of carbonyl (C=O) groups excluding carboxylic acids is 1. The monoisotopic (exact) mass is 315 g/mol. The molecule has 1 amide bonds. The first-order valence-electron chi connectivity index (χ1n) is 7.72. The van der Waals surface area contributed by atoms with Crippen LogP contribution in [0.5, 0.6) is 0 Å². The molecule has 4 heteroatoms. The minimum Gasteiger partial charge on any atom is -0.374 e. The lowest BCUT2D eigenvalue weighted by Gasteiger charge is -2.16. The molecule has 4 nitrogen and oxygen atoms in total. The summed E-state index contributed by atoms with van der Waals surface area (Å²) < 4.78 is 0. The number of benzene rings is 3. The first kappa shape index (κ1) is 15.6. The molecule has 0 aliphatic carbocycles. The normalized spacial score (nSPS) is 11.5. The second-order valence-corrected chi connectivity index (χ2v) is 5.61. The Bertz CT molecular complexity index is 927. The lowest BCUT2D eigenvalue weighted by Crippen LogP contribution is -2.31. The van der Waals surface area contributed by atoms with Crippen LogP contribution in [0.1, 0.15) is 12.5 Å². The maximum atomic E-state index is 12.3. The Balaban J connectivity index is 1.69. The van der Waals surface area contributed by atoms with Gasteiger partial charge in [0.2, 0.25) is 5.91 Å². The zero-order chi connectivity index (χ0) is 16.9. The Kier molecular flexibility index (Phi) is 4.44. The van der Waals surface area contributed by atoms with Gasteiger partial charge in [-0.2, -0.15) is 5.26 Å². The first-order chi connectivity index (χ1) is 11.7. The number of nitrogens with zero attached hydrogens (tertiary/aromatic N) is 1. The van der Waals surface area contributed by atoms with Gasteiger partial charge in [-0.05, 0) is 48.0 Å². The predicted molar refractivity (Wildman–Crippen MR) is 96.8 cm³/mol. The summed E-state index contributed by atoms with van der Waals surface area (Å²) in [6.45, 7) is 1.80. The Morgan fingerprint density at radius 3 is 2.54 bits per heavy atom. The van der Waals surface area contributed by atoms with Crippen molar-refractivity contribution in [2.75, 3.05) is 10.6 Å². The molecule has 0 saturated heterocycles. The van der Waals surface area contributed by atoms with Crippen molar-refractivity contribution in [3.8, 4) is 6.07 Å². The molecule has 0 unspecified atom stereocenters. The van der Waals surface area contributed by atoms with E-state index in [0.717, 1.165) is 16.5 Å². The molecule has 1 atom stereocenters. The molecule has 0 spiro atoms. The number of hydrogen-bond acceptors (Lipinski definition) is 3. The van der Waals surface area contributed by atoms with E-state index < -0.39 is 6.04 Å². The third kappa shape index (κ3) is 3.53. The minimum atomic E-state index is -0.406. The smallest absolute Gasteiger partial charge is 0.246 e. The van der Waals surface area contributed by atoms with E-state index in [2.05, 4.69) is 22.8 Å². The van der Waals surface area contributed by atoms with E-state index in [1.54, 1.807) is 31.2 Å². The number of rotatable bonds is 4. The number of anilines is 2. The van der Waals surface area contributed by atoms with Crippen molar-refractivity contribution in [3.63, 3.8) is 0 Å². The lowest BCUT2D eigenvalue weighted by molar-refractivity contribution is -0.116. The summed E-state index contributed by atoms with van der Waals surface area (Å²) >= 11 is 0. The molecule has 0 saturated carbocycles. The van der Waals surface area contributed by atoms with Gasteiger partial charge in [0.1, 0.15) is 6.04 Å². The van der Waals surface area contributed by atoms with Crippen LogP contribution in [0.25, 0.3) is 10.8 Å². The quantitative estimate of drug-likeness (QED) is 0.760. The highest BCUT2D eigenvalue weighted by Gasteiger charge is 2.13. The van der Waals surface area contributed by atoms with Gasteiger partial charge in [-0.25, -0.2) is 0 Å². The van der Waals surface area contributed by atoms with Gasteiger partial charge in [-0.3, -0.25) is 4.79 Å². The van der Waals surface area contributed by atoms with E-state index >= 15 is 0 Å². The van der Waals surface area contributed by atoms with Crippen molar-refractivity contribution in [2.24, 2.45) is 0 Å². The van der Waals surface area contributed by atoms with Crippen molar-refractivity contribution in [1.29, 1.82) is 5.26 Å². The highest BCUT2D eigenvalue weighted by Crippen LogP contribution is 2.19. The average molecular weight is 315 g/mol. The van der Waals surface area contributed by atoms with Gasteiger partial charge in [-0.15, -0.1) is 0 Å². The number of hydrogen-bond donors (Lipinski definition) is 2. The molecule has 0 fully saturated rings. The van der Waals surface area contributed by atoms with E-state index in [1.807, 2.05) is 36.4 Å². The molecule has 24 heavy (non-hydrogen) atoms. The average Bonchev–Trinajstić information content (AvgIpc) is 2.61. The molecular formula is C20H17N3O. The Morgan fingerprint density at radius 2 is 1.75 bits per heavy atom. The Hall–Kier alpha value is -3.32. The van der Waals surface area contributed by atoms with Crippen LogP contribution in [0.4, 0.5) is 11.4 Å². The Morgan fingerprint density at radius 1 is 0.958 bits per heavy atom. The van der Waals surface area contributed by atoms with Crippen molar-refractivity contribution in [3.05, 3.63) is 72.3 Å². The molecule has 0 radical (unpaired) electrons. The molecule has 0 bridgehead atoms. The van der Waals surface area contributed by atoms with Crippen LogP contribution in [0.2, 0.25) is 0 Å². The summed E-state index contributed by atoms with van der Waals surface area (Å²) in [6.07, 6.45) is 0. The fraction of sp³-hybridized carbons (Fsp3) is 0.100. The van der Waals surface area contributed by atoms with Crippen LogP contribution >= 0.6 is 0 Å². The van der Waals surface area contributed by atoms with E-state index in [0.29, 0.717) is 11.3 Å². The summed E-state index contributed by atoms with van der Waals surface area (Å²) in [6, 6.07) is 22.6. The summed E-state index contributed by atoms with van der Waals surface area (Å²) in [7, 11) is 0. The molecular weight excluding hydrogens is 298 g/mol. The largest absolute Gasteiger partial charge is 0.374 e. The molecule has 0 aliphatic heterocycles. The van der Waals surface area contributed by atoms with Crippen LogP contribution < -0.4 is 10.6 Å². The van der Waals surface area contributed by atoms with Crippen molar-refractivity contribution < 1.29 is 4.79 Å². The van der Waals surface area contributed by atoms with Gasteiger partial charge in [-0.1, -0.05) is 36.4 Å². The zero-order valence-corrected chi connectivity index (χ0v) is 13.3. The second kappa shape index (κ2) is 6.84. The molecule has 3 aromatic rings. The van der Waals surface area contributed by atoms with Crippen LogP contribution in [0, 0.1) is 11.3 Å². The van der Waals surface area contributed by atoms with Gasteiger partial charge >= 0.3 is 0 Å². The van der Waals surface area contributed by atoms with E-state index in [4.69, 9.17) is 5.26 Å². The van der Waals surface area contributed by atoms with Crippen molar-refractivity contribution in [2.45, 2.75) is 13.0 Å². The summed E-state index contributed by atoms with van der Waals surface area (Å²) in [5.41, 5.74) is 2.02. The fourth-order valence-corrected chi connectivity index (χ4v) is 2.51. The maximum absolute atomic E-state index is 12.3. The first-order valence-corrected chi connectivity index (χ1v) is 7.72. The van der Waals surface area contributed by atoms with Gasteiger partial charge in [0.05, 0.1) is 11.6 Å². The van der Waals surface area contributed by atoms with Crippen LogP contribution in [0.15, 0.2) is 66.7 Å². The van der Waals surface area contributed by atoms with Gasteiger partial charge < -0.3 is 10.6 Å². The molecule has 3 aromatic carbocycles. The fourth-order valence-electron chi connectivity index (χ4n) is 2.51. The molecule has 2 N–H and O–H groups in total. The molecule has 118 valence electrons. The van der Waals surface area contributed by atoms with E-state index in [1.165, 1.54) is 0 Å². The van der Waals surface area contributed by atoms with Crippen LogP contribution in [-0.4, -0.2) is 11.9 Å². The molecule has 0 heterocycles. The lowest BCUT2D eigenvalue weighted by atomic mass is 10.1. The van der Waals surface area contributed by atoms with Gasteiger partial charge in [0, 0.05) is 11.4 Å². The molecule has 0 aromatic heterocycles. The number of nitrogens with one attached hydrogen (secondary N) is 2. The number of amides is 1. The molecule has 0 aliphatic rings. The van der Waals surface area contributed by atoms with E-state index in [-0.39, 0.29) is 5.91 Å². The Labute approximate surface area is 140 Å².